The number of hydrogen-bond donors (Lipinski definition) is 1. The van der Waals surface area contributed by atoms with E-state index in [9.17, 15) is 0 Å². The molecule has 0 radical (unpaired) electrons. The Labute approximate surface area is 127 Å². The zero-order valence-electron chi connectivity index (χ0n) is 13.6. The Morgan fingerprint density at radius 3 is 2.75 bits per heavy atom. The number of rotatable bonds is 6. The molecule has 1 fully saturated rings. The first-order valence-corrected chi connectivity index (χ1v) is 8.80. The molecule has 0 spiro atoms. The summed E-state index contributed by atoms with van der Waals surface area (Å²) in [5, 5.41) is 4.80. The molecule has 2 atom stereocenters. The number of nitrogens with one attached hydrogen (secondary N) is 1. The van der Waals surface area contributed by atoms with E-state index >= 15 is 0 Å². The molecule has 2 unspecified atom stereocenters. The lowest BCUT2D eigenvalue weighted by Crippen LogP contribution is -2.20. The summed E-state index contributed by atoms with van der Waals surface area (Å²) in [5.74, 6) is 1.61. The van der Waals surface area contributed by atoms with Crippen molar-refractivity contribution in [3.63, 3.8) is 0 Å². The fourth-order valence-corrected chi connectivity index (χ4v) is 4.02. The molecule has 20 heavy (non-hydrogen) atoms. The largest absolute Gasteiger partial charge is 0.348 e. The molecular formula is C16H29N3S. The quantitative estimate of drug-likeness (QED) is 0.860. The van der Waals surface area contributed by atoms with Crippen molar-refractivity contribution in [3.05, 3.63) is 10.6 Å². The molecule has 0 saturated carbocycles. The fourth-order valence-electron chi connectivity index (χ4n) is 2.89. The molecular weight excluding hydrogens is 266 g/mol. The Balaban J connectivity index is 2.04. The predicted molar refractivity (Wildman–Crippen MR) is 88.7 cm³/mol. The minimum atomic E-state index is 0.421. The van der Waals surface area contributed by atoms with Crippen molar-refractivity contribution in [2.45, 2.75) is 53.5 Å². The van der Waals surface area contributed by atoms with Crippen LogP contribution in [-0.2, 0) is 0 Å². The summed E-state index contributed by atoms with van der Waals surface area (Å²) in [7, 11) is 0. The van der Waals surface area contributed by atoms with Crippen LogP contribution in [0.5, 0.6) is 0 Å². The van der Waals surface area contributed by atoms with Crippen LogP contribution in [0.25, 0.3) is 0 Å². The first-order valence-electron chi connectivity index (χ1n) is 7.98. The lowest BCUT2D eigenvalue weighted by molar-refractivity contribution is 0.422. The fraction of sp³-hybridized carbons (Fsp3) is 0.812. The van der Waals surface area contributed by atoms with Gasteiger partial charge in [0.05, 0.1) is 5.69 Å². The molecule has 2 heterocycles. The molecule has 0 amide bonds. The SMILES string of the molecule is CCCNC(C)c1sc(N2CCC(C(C)C)C2)nc1C. The van der Waals surface area contributed by atoms with Crippen molar-refractivity contribution < 1.29 is 0 Å². The molecule has 0 bridgehead atoms. The highest BCUT2D eigenvalue weighted by Crippen LogP contribution is 2.34. The van der Waals surface area contributed by atoms with Crippen LogP contribution >= 0.6 is 11.3 Å². The summed E-state index contributed by atoms with van der Waals surface area (Å²) >= 11 is 1.88. The third-order valence-corrected chi connectivity index (χ3v) is 5.75. The van der Waals surface area contributed by atoms with Gasteiger partial charge in [-0.25, -0.2) is 4.98 Å². The third-order valence-electron chi connectivity index (χ3n) is 4.35. The second-order valence-electron chi connectivity index (χ2n) is 6.36. The van der Waals surface area contributed by atoms with E-state index in [0.29, 0.717) is 6.04 Å². The molecule has 3 nitrogen and oxygen atoms in total. The number of aromatic nitrogens is 1. The van der Waals surface area contributed by atoms with E-state index in [1.54, 1.807) is 0 Å². The van der Waals surface area contributed by atoms with Crippen molar-refractivity contribution in [1.82, 2.24) is 10.3 Å². The molecule has 0 aromatic carbocycles. The Kier molecular flexibility index (Phi) is 5.44. The molecule has 4 heteroatoms. The monoisotopic (exact) mass is 295 g/mol. The van der Waals surface area contributed by atoms with Gasteiger partial charge in [0, 0.05) is 24.0 Å². The predicted octanol–water partition coefficient (Wildman–Crippen LogP) is 3.99. The number of nitrogens with zero attached hydrogens (tertiary/aromatic N) is 2. The van der Waals surface area contributed by atoms with E-state index in [1.807, 2.05) is 11.3 Å². The van der Waals surface area contributed by atoms with E-state index in [-0.39, 0.29) is 0 Å². The van der Waals surface area contributed by atoms with E-state index < -0.39 is 0 Å². The maximum absolute atomic E-state index is 4.82. The zero-order chi connectivity index (χ0) is 14.7. The summed E-state index contributed by atoms with van der Waals surface area (Å²) in [6.45, 7) is 14.7. The molecule has 0 aliphatic carbocycles. The van der Waals surface area contributed by atoms with Crippen LogP contribution < -0.4 is 10.2 Å². The highest BCUT2D eigenvalue weighted by molar-refractivity contribution is 7.15. The third kappa shape index (κ3) is 3.53. The smallest absolute Gasteiger partial charge is 0.185 e. The lowest BCUT2D eigenvalue weighted by Gasteiger charge is -2.17. The number of hydrogen-bond acceptors (Lipinski definition) is 4. The van der Waals surface area contributed by atoms with Crippen molar-refractivity contribution in [3.8, 4) is 0 Å². The number of aryl methyl sites for hydroxylation is 1. The Morgan fingerprint density at radius 1 is 1.40 bits per heavy atom. The van der Waals surface area contributed by atoms with Gasteiger partial charge >= 0.3 is 0 Å². The van der Waals surface area contributed by atoms with Gasteiger partial charge in [-0.2, -0.15) is 0 Å². The maximum Gasteiger partial charge on any atom is 0.185 e. The minimum Gasteiger partial charge on any atom is -0.348 e. The Hall–Kier alpha value is -0.610. The number of thiazole rings is 1. The van der Waals surface area contributed by atoms with Gasteiger partial charge in [0.2, 0.25) is 0 Å². The highest BCUT2D eigenvalue weighted by atomic mass is 32.1. The number of anilines is 1. The summed E-state index contributed by atoms with van der Waals surface area (Å²) in [6, 6.07) is 0.421. The zero-order valence-corrected chi connectivity index (χ0v) is 14.4. The average molecular weight is 295 g/mol. The first kappa shape index (κ1) is 15.8. The maximum atomic E-state index is 4.82. The van der Waals surface area contributed by atoms with Crippen LogP contribution in [0.4, 0.5) is 5.13 Å². The van der Waals surface area contributed by atoms with Gasteiger partial charge in [0.25, 0.3) is 0 Å². The summed E-state index contributed by atoms with van der Waals surface area (Å²) < 4.78 is 0. The van der Waals surface area contributed by atoms with Gasteiger partial charge in [-0.3, -0.25) is 0 Å². The topological polar surface area (TPSA) is 28.2 Å². The summed E-state index contributed by atoms with van der Waals surface area (Å²) in [5.41, 5.74) is 1.20. The van der Waals surface area contributed by atoms with Gasteiger partial charge in [-0.05, 0) is 45.1 Å². The molecule has 1 saturated heterocycles. The van der Waals surface area contributed by atoms with Gasteiger partial charge < -0.3 is 10.2 Å². The Morgan fingerprint density at radius 2 is 2.15 bits per heavy atom. The highest BCUT2D eigenvalue weighted by Gasteiger charge is 2.27. The first-order chi connectivity index (χ1) is 9.52. The van der Waals surface area contributed by atoms with Crippen LogP contribution in [0, 0.1) is 18.8 Å². The van der Waals surface area contributed by atoms with Crippen LogP contribution in [-0.4, -0.2) is 24.6 Å². The van der Waals surface area contributed by atoms with Gasteiger partial charge in [-0.1, -0.05) is 20.8 Å². The van der Waals surface area contributed by atoms with Crippen LogP contribution in [0.15, 0.2) is 0 Å². The lowest BCUT2D eigenvalue weighted by atomic mass is 9.95. The van der Waals surface area contributed by atoms with Gasteiger partial charge in [0.15, 0.2) is 5.13 Å². The van der Waals surface area contributed by atoms with Crippen LogP contribution in [0.3, 0.4) is 0 Å². The Bertz CT molecular complexity index is 427. The van der Waals surface area contributed by atoms with Gasteiger partial charge in [-0.15, -0.1) is 11.3 Å². The molecule has 1 aliphatic heterocycles. The van der Waals surface area contributed by atoms with Crippen molar-refractivity contribution in [2.75, 3.05) is 24.5 Å². The van der Waals surface area contributed by atoms with E-state index in [0.717, 1.165) is 18.4 Å². The van der Waals surface area contributed by atoms with Crippen molar-refractivity contribution >= 4 is 16.5 Å². The molecule has 114 valence electrons. The second kappa shape index (κ2) is 6.90. The molecule has 1 N–H and O–H groups in total. The second-order valence-corrected chi connectivity index (χ2v) is 7.37. The molecule has 1 aliphatic rings. The minimum absolute atomic E-state index is 0.421. The van der Waals surface area contributed by atoms with Crippen molar-refractivity contribution in [1.29, 1.82) is 0 Å². The van der Waals surface area contributed by atoms with E-state index in [1.165, 1.54) is 41.6 Å². The van der Waals surface area contributed by atoms with Crippen LogP contribution in [0.1, 0.15) is 57.1 Å². The molecule has 2 rings (SSSR count). The van der Waals surface area contributed by atoms with Gasteiger partial charge in [0.1, 0.15) is 0 Å². The van der Waals surface area contributed by atoms with E-state index in [4.69, 9.17) is 4.98 Å². The van der Waals surface area contributed by atoms with E-state index in [2.05, 4.69) is 44.8 Å². The molecule has 1 aromatic rings. The summed E-state index contributed by atoms with van der Waals surface area (Å²) in [4.78, 5) is 8.71. The average Bonchev–Trinajstić information content (AvgIpc) is 3.02. The normalized spacial score (nSPS) is 20.9. The summed E-state index contributed by atoms with van der Waals surface area (Å²) in [6.07, 6.45) is 2.49. The van der Waals surface area contributed by atoms with Crippen LogP contribution in [0.2, 0.25) is 0 Å². The molecule has 1 aromatic heterocycles. The van der Waals surface area contributed by atoms with Crippen molar-refractivity contribution in [2.24, 2.45) is 11.8 Å². The standard InChI is InChI=1S/C16H29N3S/c1-6-8-17-12(4)15-13(5)18-16(20-15)19-9-7-14(10-19)11(2)3/h11-12,14,17H,6-10H2,1-5H3.